The molecule has 5 heteroatoms. The van der Waals surface area contributed by atoms with Crippen molar-refractivity contribution < 1.29 is 19.4 Å². The fourth-order valence-electron chi connectivity index (χ4n) is 1.56. The van der Waals surface area contributed by atoms with Crippen LogP contribution in [-0.4, -0.2) is 31.8 Å². The van der Waals surface area contributed by atoms with Crippen LogP contribution in [0.2, 0.25) is 0 Å². The van der Waals surface area contributed by atoms with E-state index < -0.39 is 0 Å². The van der Waals surface area contributed by atoms with E-state index in [4.69, 9.17) is 10.5 Å². The summed E-state index contributed by atoms with van der Waals surface area (Å²) in [6.07, 6.45) is 0.458. The molecule has 0 aliphatic rings. The SMILES string of the molecule is COC(=O)C(CN)Cc1ccc(O)c(OC)c1. The lowest BCUT2D eigenvalue weighted by Gasteiger charge is -2.13. The number of hydrogen-bond donors (Lipinski definition) is 2. The minimum Gasteiger partial charge on any atom is -0.504 e. The molecule has 1 atom stereocenters. The Kier molecular flexibility index (Phi) is 4.78. The van der Waals surface area contributed by atoms with Crippen LogP contribution in [-0.2, 0) is 16.0 Å². The molecule has 3 N–H and O–H groups in total. The molecule has 0 heterocycles. The number of carbonyl (C=O) groups excluding carboxylic acids is 1. The van der Waals surface area contributed by atoms with Crippen LogP contribution < -0.4 is 10.5 Å². The highest BCUT2D eigenvalue weighted by atomic mass is 16.5. The molecule has 1 aromatic rings. The molecule has 0 spiro atoms. The molecule has 1 rings (SSSR count). The number of ether oxygens (including phenoxy) is 2. The van der Waals surface area contributed by atoms with Crippen LogP contribution in [0.4, 0.5) is 0 Å². The van der Waals surface area contributed by atoms with Crippen LogP contribution in [0.25, 0.3) is 0 Å². The molecule has 17 heavy (non-hydrogen) atoms. The molecule has 0 aliphatic heterocycles. The smallest absolute Gasteiger partial charge is 0.310 e. The van der Waals surface area contributed by atoms with E-state index in [-0.39, 0.29) is 24.2 Å². The summed E-state index contributed by atoms with van der Waals surface area (Å²) in [5.41, 5.74) is 6.38. The molecular weight excluding hydrogens is 222 g/mol. The lowest BCUT2D eigenvalue weighted by Crippen LogP contribution is -2.26. The highest BCUT2D eigenvalue weighted by molar-refractivity contribution is 5.73. The molecule has 0 fully saturated rings. The quantitative estimate of drug-likeness (QED) is 0.739. The first kappa shape index (κ1) is 13.3. The number of carbonyl (C=O) groups is 1. The van der Waals surface area contributed by atoms with Gasteiger partial charge in [0.2, 0.25) is 0 Å². The van der Waals surface area contributed by atoms with E-state index in [1.165, 1.54) is 20.3 Å². The third-order valence-corrected chi connectivity index (χ3v) is 2.55. The van der Waals surface area contributed by atoms with Crippen molar-refractivity contribution in [2.75, 3.05) is 20.8 Å². The van der Waals surface area contributed by atoms with Gasteiger partial charge in [-0.05, 0) is 24.1 Å². The number of methoxy groups -OCH3 is 2. The molecular formula is C12H17NO4. The Morgan fingerprint density at radius 1 is 1.47 bits per heavy atom. The van der Waals surface area contributed by atoms with Crippen molar-refractivity contribution in [3.8, 4) is 11.5 Å². The van der Waals surface area contributed by atoms with Crippen LogP contribution in [0.15, 0.2) is 18.2 Å². The number of esters is 1. The molecule has 0 saturated carbocycles. The number of phenols is 1. The largest absolute Gasteiger partial charge is 0.504 e. The Balaban J connectivity index is 2.83. The second-order valence-electron chi connectivity index (χ2n) is 3.67. The molecule has 0 saturated heterocycles. The van der Waals surface area contributed by atoms with Crippen molar-refractivity contribution in [2.45, 2.75) is 6.42 Å². The van der Waals surface area contributed by atoms with Crippen LogP contribution in [0.1, 0.15) is 5.56 Å². The van der Waals surface area contributed by atoms with Crippen molar-refractivity contribution in [1.82, 2.24) is 0 Å². The van der Waals surface area contributed by atoms with Gasteiger partial charge in [0.1, 0.15) is 0 Å². The Bertz CT molecular complexity index is 392. The molecule has 94 valence electrons. The summed E-state index contributed by atoms with van der Waals surface area (Å²) in [5, 5.41) is 9.44. The van der Waals surface area contributed by atoms with Crippen LogP contribution >= 0.6 is 0 Å². The second-order valence-corrected chi connectivity index (χ2v) is 3.67. The first-order chi connectivity index (χ1) is 8.12. The molecule has 0 aliphatic carbocycles. The minimum absolute atomic E-state index is 0.0682. The molecule has 0 bridgehead atoms. The summed E-state index contributed by atoms with van der Waals surface area (Å²) in [7, 11) is 2.81. The van der Waals surface area contributed by atoms with Gasteiger partial charge in [0.15, 0.2) is 11.5 Å². The maximum Gasteiger partial charge on any atom is 0.310 e. The lowest BCUT2D eigenvalue weighted by molar-refractivity contribution is -0.145. The molecule has 1 unspecified atom stereocenters. The van der Waals surface area contributed by atoms with Crippen molar-refractivity contribution in [3.63, 3.8) is 0 Å². The van der Waals surface area contributed by atoms with Gasteiger partial charge in [-0.15, -0.1) is 0 Å². The third-order valence-electron chi connectivity index (χ3n) is 2.55. The highest BCUT2D eigenvalue weighted by Crippen LogP contribution is 2.27. The summed E-state index contributed by atoms with van der Waals surface area (Å²) in [5.74, 6) is -0.268. The van der Waals surface area contributed by atoms with Gasteiger partial charge >= 0.3 is 5.97 Å². The molecule has 0 aromatic heterocycles. The average molecular weight is 239 g/mol. The van der Waals surface area contributed by atoms with Crippen molar-refractivity contribution >= 4 is 5.97 Å². The average Bonchev–Trinajstić information content (AvgIpc) is 2.36. The predicted octanol–water partition coefficient (Wildman–Crippen LogP) is 0.691. The van der Waals surface area contributed by atoms with Crippen molar-refractivity contribution in [1.29, 1.82) is 0 Å². The number of aromatic hydroxyl groups is 1. The molecule has 5 nitrogen and oxygen atoms in total. The standard InChI is InChI=1S/C12H17NO4/c1-16-11-6-8(3-4-10(11)14)5-9(7-13)12(15)17-2/h3-4,6,9,14H,5,7,13H2,1-2H3. The van der Waals surface area contributed by atoms with Crippen LogP contribution in [0, 0.1) is 5.92 Å². The first-order valence-electron chi connectivity index (χ1n) is 5.26. The van der Waals surface area contributed by atoms with Crippen molar-refractivity contribution in [2.24, 2.45) is 11.7 Å². The summed E-state index contributed by atoms with van der Waals surface area (Å²) >= 11 is 0. The Labute approximate surface area is 100 Å². The maximum absolute atomic E-state index is 11.4. The third kappa shape index (κ3) is 3.35. The predicted molar refractivity (Wildman–Crippen MR) is 62.9 cm³/mol. The number of nitrogens with two attached hydrogens (primary N) is 1. The molecule has 0 radical (unpaired) electrons. The zero-order chi connectivity index (χ0) is 12.8. The Hall–Kier alpha value is -1.75. The summed E-state index contributed by atoms with van der Waals surface area (Å²) in [6, 6.07) is 4.93. The van der Waals surface area contributed by atoms with E-state index in [1.807, 2.05) is 0 Å². The van der Waals surface area contributed by atoms with Crippen molar-refractivity contribution in [3.05, 3.63) is 23.8 Å². The lowest BCUT2D eigenvalue weighted by atomic mass is 9.99. The fraction of sp³-hybridized carbons (Fsp3) is 0.417. The Morgan fingerprint density at radius 2 is 2.18 bits per heavy atom. The van der Waals surface area contributed by atoms with E-state index in [0.29, 0.717) is 12.2 Å². The summed E-state index contributed by atoms with van der Waals surface area (Å²) in [6.45, 7) is 0.218. The van der Waals surface area contributed by atoms with Crippen LogP contribution in [0.5, 0.6) is 11.5 Å². The number of rotatable bonds is 5. The Morgan fingerprint density at radius 3 is 2.71 bits per heavy atom. The normalized spacial score (nSPS) is 11.9. The number of benzene rings is 1. The zero-order valence-corrected chi connectivity index (χ0v) is 9.97. The first-order valence-corrected chi connectivity index (χ1v) is 5.26. The topological polar surface area (TPSA) is 81.8 Å². The van der Waals surface area contributed by atoms with Gasteiger partial charge in [-0.2, -0.15) is 0 Å². The van der Waals surface area contributed by atoms with E-state index >= 15 is 0 Å². The highest BCUT2D eigenvalue weighted by Gasteiger charge is 2.18. The van der Waals surface area contributed by atoms with Gasteiger partial charge < -0.3 is 20.3 Å². The van der Waals surface area contributed by atoms with E-state index in [2.05, 4.69) is 4.74 Å². The van der Waals surface area contributed by atoms with E-state index in [0.717, 1.165) is 5.56 Å². The monoisotopic (exact) mass is 239 g/mol. The molecule has 0 amide bonds. The summed E-state index contributed by atoms with van der Waals surface area (Å²) < 4.78 is 9.65. The number of phenolic OH excluding ortho intramolecular Hbond substituents is 1. The van der Waals surface area contributed by atoms with Gasteiger partial charge in [-0.1, -0.05) is 6.07 Å². The summed E-state index contributed by atoms with van der Waals surface area (Å²) in [4.78, 5) is 11.4. The van der Waals surface area contributed by atoms with Gasteiger partial charge in [0.25, 0.3) is 0 Å². The second kappa shape index (κ2) is 6.10. The van der Waals surface area contributed by atoms with Gasteiger partial charge in [-0.3, -0.25) is 4.79 Å². The number of hydrogen-bond acceptors (Lipinski definition) is 5. The molecule has 1 aromatic carbocycles. The van der Waals surface area contributed by atoms with Gasteiger partial charge in [0.05, 0.1) is 20.1 Å². The minimum atomic E-state index is -0.380. The fourth-order valence-corrected chi connectivity index (χ4v) is 1.56. The van der Waals surface area contributed by atoms with E-state index in [1.54, 1.807) is 12.1 Å². The van der Waals surface area contributed by atoms with E-state index in [9.17, 15) is 9.90 Å². The zero-order valence-electron chi connectivity index (χ0n) is 9.97. The van der Waals surface area contributed by atoms with Gasteiger partial charge in [0, 0.05) is 6.54 Å². The maximum atomic E-state index is 11.4. The van der Waals surface area contributed by atoms with Crippen LogP contribution in [0.3, 0.4) is 0 Å². The van der Waals surface area contributed by atoms with Gasteiger partial charge in [-0.25, -0.2) is 0 Å².